The van der Waals surface area contributed by atoms with Crippen molar-refractivity contribution in [2.45, 2.75) is 13.5 Å². The van der Waals surface area contributed by atoms with Crippen molar-refractivity contribution in [1.82, 2.24) is 9.97 Å². The Morgan fingerprint density at radius 3 is 2.00 bits per heavy atom. The molecule has 5 rings (SSSR count). The molecule has 146 valence electrons. The van der Waals surface area contributed by atoms with E-state index < -0.39 is 0 Å². The van der Waals surface area contributed by atoms with E-state index in [1.807, 2.05) is 37.3 Å². The van der Waals surface area contributed by atoms with Crippen LogP contribution in [0.1, 0.15) is 11.4 Å². The summed E-state index contributed by atoms with van der Waals surface area (Å²) in [5.74, 6) is 1.82. The first-order valence-electron chi connectivity index (χ1n) is 10.1. The minimum atomic E-state index is 0.578. The Morgan fingerprint density at radius 2 is 1.30 bits per heavy atom. The van der Waals surface area contributed by atoms with Crippen molar-refractivity contribution in [3.05, 3.63) is 108 Å². The van der Waals surface area contributed by atoms with E-state index in [9.17, 15) is 0 Å². The normalized spacial score (nSPS) is 11.0. The number of aryl methyl sites for hydroxylation is 1. The number of ether oxygens (including phenoxy) is 1. The van der Waals surface area contributed by atoms with Crippen LogP contribution in [-0.4, -0.2) is 9.97 Å². The molecule has 1 aromatic heterocycles. The summed E-state index contributed by atoms with van der Waals surface area (Å²) in [5, 5.41) is 0. The van der Waals surface area contributed by atoms with Gasteiger partial charge in [-0.15, -0.1) is 0 Å². The Kier molecular flexibility index (Phi) is 4.78. The SMILES string of the molecule is Cc1nc2ccc(-c3ccc(-c4ccc(OCc5ccccc5)cc4)cc3)cc2[nH]1. The van der Waals surface area contributed by atoms with Crippen LogP contribution in [0, 0.1) is 6.92 Å². The number of nitrogens with zero attached hydrogens (tertiary/aromatic N) is 1. The second-order valence-corrected chi connectivity index (χ2v) is 7.43. The van der Waals surface area contributed by atoms with Gasteiger partial charge in [0.1, 0.15) is 18.2 Å². The fourth-order valence-corrected chi connectivity index (χ4v) is 3.66. The van der Waals surface area contributed by atoms with Crippen LogP contribution in [0.25, 0.3) is 33.3 Å². The third-order valence-electron chi connectivity index (χ3n) is 5.25. The highest BCUT2D eigenvalue weighted by Gasteiger charge is 2.05. The van der Waals surface area contributed by atoms with E-state index in [0.29, 0.717) is 6.61 Å². The van der Waals surface area contributed by atoms with Gasteiger partial charge >= 0.3 is 0 Å². The summed E-state index contributed by atoms with van der Waals surface area (Å²) in [6, 6.07) is 33.5. The predicted molar refractivity (Wildman–Crippen MR) is 122 cm³/mol. The minimum Gasteiger partial charge on any atom is -0.489 e. The summed E-state index contributed by atoms with van der Waals surface area (Å²) in [4.78, 5) is 7.78. The lowest BCUT2D eigenvalue weighted by atomic mass is 10.00. The van der Waals surface area contributed by atoms with Gasteiger partial charge in [-0.1, -0.05) is 72.8 Å². The summed E-state index contributed by atoms with van der Waals surface area (Å²) in [6.45, 7) is 2.56. The molecule has 5 aromatic rings. The van der Waals surface area contributed by atoms with Gasteiger partial charge in [-0.25, -0.2) is 4.98 Å². The molecule has 30 heavy (non-hydrogen) atoms. The fourth-order valence-electron chi connectivity index (χ4n) is 3.66. The number of nitrogens with one attached hydrogen (secondary N) is 1. The van der Waals surface area contributed by atoms with Gasteiger partial charge in [-0.2, -0.15) is 0 Å². The van der Waals surface area contributed by atoms with Gasteiger partial charge in [0.05, 0.1) is 11.0 Å². The van der Waals surface area contributed by atoms with Crippen LogP contribution in [0.4, 0.5) is 0 Å². The second kappa shape index (κ2) is 7.88. The molecule has 3 heteroatoms. The lowest BCUT2D eigenvalue weighted by molar-refractivity contribution is 0.306. The van der Waals surface area contributed by atoms with E-state index in [1.165, 1.54) is 27.8 Å². The van der Waals surface area contributed by atoms with Gasteiger partial charge in [0.15, 0.2) is 0 Å². The number of hydrogen-bond acceptors (Lipinski definition) is 2. The number of aromatic nitrogens is 2. The van der Waals surface area contributed by atoms with Crippen LogP contribution in [0.15, 0.2) is 97.1 Å². The van der Waals surface area contributed by atoms with Gasteiger partial charge in [0.25, 0.3) is 0 Å². The first-order chi connectivity index (χ1) is 14.7. The molecule has 4 aromatic carbocycles. The van der Waals surface area contributed by atoms with Crippen molar-refractivity contribution < 1.29 is 4.74 Å². The fraction of sp³-hybridized carbons (Fsp3) is 0.0741. The van der Waals surface area contributed by atoms with E-state index in [4.69, 9.17) is 4.74 Å². The Labute approximate surface area is 176 Å². The molecule has 0 bridgehead atoms. The number of imidazole rings is 1. The topological polar surface area (TPSA) is 37.9 Å². The number of hydrogen-bond donors (Lipinski definition) is 1. The highest BCUT2D eigenvalue weighted by molar-refractivity contribution is 5.82. The van der Waals surface area contributed by atoms with Gasteiger partial charge in [-0.05, 0) is 59.0 Å². The van der Waals surface area contributed by atoms with Crippen molar-refractivity contribution in [3.63, 3.8) is 0 Å². The van der Waals surface area contributed by atoms with E-state index in [2.05, 4.69) is 76.7 Å². The van der Waals surface area contributed by atoms with E-state index in [0.717, 1.165) is 22.6 Å². The molecule has 3 nitrogen and oxygen atoms in total. The monoisotopic (exact) mass is 390 g/mol. The Balaban J connectivity index is 1.31. The summed E-state index contributed by atoms with van der Waals surface area (Å²) < 4.78 is 5.89. The second-order valence-electron chi connectivity index (χ2n) is 7.43. The molecule has 0 spiro atoms. The molecule has 0 atom stereocenters. The zero-order valence-electron chi connectivity index (χ0n) is 16.8. The minimum absolute atomic E-state index is 0.578. The zero-order valence-corrected chi connectivity index (χ0v) is 16.8. The zero-order chi connectivity index (χ0) is 20.3. The summed E-state index contributed by atoms with van der Waals surface area (Å²) in [6.07, 6.45) is 0. The standard InChI is InChI=1S/C27H22N2O/c1-19-28-26-16-13-24(17-27(26)29-19)23-9-7-21(8-10-23)22-11-14-25(15-12-22)30-18-20-5-3-2-4-6-20/h2-17H,18H2,1H3,(H,28,29). The predicted octanol–water partition coefficient (Wildman–Crippen LogP) is 6.78. The number of aromatic amines is 1. The molecule has 0 aliphatic heterocycles. The largest absolute Gasteiger partial charge is 0.489 e. The van der Waals surface area contributed by atoms with Gasteiger partial charge < -0.3 is 9.72 Å². The molecule has 0 saturated carbocycles. The smallest absolute Gasteiger partial charge is 0.119 e. The lowest BCUT2D eigenvalue weighted by Crippen LogP contribution is -1.94. The summed E-state index contributed by atoms with van der Waals surface area (Å²) in [7, 11) is 0. The third kappa shape index (κ3) is 3.83. The highest BCUT2D eigenvalue weighted by atomic mass is 16.5. The molecule has 0 aliphatic rings. The Morgan fingerprint density at radius 1 is 0.700 bits per heavy atom. The molecule has 1 heterocycles. The Bertz CT molecular complexity index is 1270. The summed E-state index contributed by atoms with van der Waals surface area (Å²) in [5.41, 5.74) is 7.97. The molecular weight excluding hydrogens is 368 g/mol. The van der Waals surface area contributed by atoms with Gasteiger partial charge in [-0.3, -0.25) is 0 Å². The van der Waals surface area contributed by atoms with Gasteiger partial charge in [0, 0.05) is 0 Å². The van der Waals surface area contributed by atoms with Crippen LogP contribution in [0.5, 0.6) is 5.75 Å². The van der Waals surface area contributed by atoms with E-state index in [-0.39, 0.29) is 0 Å². The average Bonchev–Trinajstić information content (AvgIpc) is 3.18. The van der Waals surface area contributed by atoms with Crippen LogP contribution in [-0.2, 0) is 6.61 Å². The van der Waals surface area contributed by atoms with Crippen LogP contribution in [0.2, 0.25) is 0 Å². The first kappa shape index (κ1) is 18.2. The van der Waals surface area contributed by atoms with Crippen molar-refractivity contribution in [1.29, 1.82) is 0 Å². The lowest BCUT2D eigenvalue weighted by Gasteiger charge is -2.08. The molecule has 0 saturated heterocycles. The maximum Gasteiger partial charge on any atom is 0.119 e. The number of benzene rings is 4. The van der Waals surface area contributed by atoms with Crippen molar-refractivity contribution in [3.8, 4) is 28.0 Å². The molecule has 1 N–H and O–H groups in total. The third-order valence-corrected chi connectivity index (χ3v) is 5.25. The van der Waals surface area contributed by atoms with E-state index in [1.54, 1.807) is 0 Å². The quantitative estimate of drug-likeness (QED) is 0.359. The summed E-state index contributed by atoms with van der Waals surface area (Å²) >= 11 is 0. The van der Waals surface area contributed by atoms with Crippen molar-refractivity contribution in [2.24, 2.45) is 0 Å². The van der Waals surface area contributed by atoms with Crippen LogP contribution in [0.3, 0.4) is 0 Å². The molecule has 0 fully saturated rings. The van der Waals surface area contributed by atoms with E-state index >= 15 is 0 Å². The molecular formula is C27H22N2O. The first-order valence-corrected chi connectivity index (χ1v) is 10.1. The average molecular weight is 390 g/mol. The van der Waals surface area contributed by atoms with Gasteiger partial charge in [0.2, 0.25) is 0 Å². The number of H-pyrrole nitrogens is 1. The number of fused-ring (bicyclic) bond motifs is 1. The molecule has 0 radical (unpaired) electrons. The van der Waals surface area contributed by atoms with Crippen LogP contribution < -0.4 is 4.74 Å². The van der Waals surface area contributed by atoms with Crippen LogP contribution >= 0.6 is 0 Å². The molecule has 0 aliphatic carbocycles. The number of rotatable bonds is 5. The highest BCUT2D eigenvalue weighted by Crippen LogP contribution is 2.28. The Hall–Kier alpha value is -3.85. The maximum atomic E-state index is 5.89. The molecule has 0 unspecified atom stereocenters. The van der Waals surface area contributed by atoms with Crippen molar-refractivity contribution >= 4 is 11.0 Å². The maximum absolute atomic E-state index is 5.89. The molecule has 0 amide bonds. The van der Waals surface area contributed by atoms with Crippen molar-refractivity contribution in [2.75, 3.05) is 0 Å².